The van der Waals surface area contributed by atoms with Crippen LogP contribution in [-0.4, -0.2) is 16.8 Å². The molecule has 8 heteroatoms. The summed E-state index contributed by atoms with van der Waals surface area (Å²) in [6.07, 6.45) is 0. The molecule has 2 aromatic carbocycles. The predicted octanol–water partition coefficient (Wildman–Crippen LogP) is 2.37. The molecule has 24 heavy (non-hydrogen) atoms. The third kappa shape index (κ3) is 3.77. The third-order valence-corrected chi connectivity index (χ3v) is 6.20. The summed E-state index contributed by atoms with van der Waals surface area (Å²) in [7, 11) is -8.02. The first-order valence-electron chi connectivity index (χ1n) is 7.16. The van der Waals surface area contributed by atoms with Gasteiger partial charge in [0.2, 0.25) is 10.0 Å². The zero-order valence-electron chi connectivity index (χ0n) is 13.9. The number of sulfonamides is 2. The highest BCUT2D eigenvalue weighted by Crippen LogP contribution is 2.28. The summed E-state index contributed by atoms with van der Waals surface area (Å²) in [5.41, 5.74) is 2.77. The Morgan fingerprint density at radius 2 is 1.38 bits per heavy atom. The molecular formula is C16H20N2O4S2. The van der Waals surface area contributed by atoms with Crippen molar-refractivity contribution in [2.24, 2.45) is 5.14 Å². The van der Waals surface area contributed by atoms with Crippen LogP contribution in [0.5, 0.6) is 0 Å². The summed E-state index contributed by atoms with van der Waals surface area (Å²) < 4.78 is 51.4. The van der Waals surface area contributed by atoms with E-state index >= 15 is 0 Å². The van der Waals surface area contributed by atoms with Crippen molar-refractivity contribution in [1.29, 1.82) is 0 Å². The number of nitrogens with one attached hydrogen (secondary N) is 1. The first-order chi connectivity index (χ1) is 10.9. The lowest BCUT2D eigenvalue weighted by molar-refractivity contribution is 0.598. The Bertz CT molecular complexity index is 987. The van der Waals surface area contributed by atoms with E-state index in [0.29, 0.717) is 16.7 Å². The highest BCUT2D eigenvalue weighted by Gasteiger charge is 2.23. The minimum absolute atomic E-state index is 0.0584. The molecule has 0 atom stereocenters. The van der Waals surface area contributed by atoms with Gasteiger partial charge in [-0.25, -0.2) is 22.0 Å². The van der Waals surface area contributed by atoms with E-state index in [1.54, 1.807) is 39.0 Å². The van der Waals surface area contributed by atoms with Crippen LogP contribution in [0.25, 0.3) is 0 Å². The molecule has 0 amide bonds. The summed E-state index contributed by atoms with van der Waals surface area (Å²) >= 11 is 0. The first-order valence-corrected chi connectivity index (χ1v) is 10.2. The highest BCUT2D eigenvalue weighted by atomic mass is 32.2. The van der Waals surface area contributed by atoms with Crippen molar-refractivity contribution >= 4 is 25.7 Å². The monoisotopic (exact) mass is 368 g/mol. The van der Waals surface area contributed by atoms with Gasteiger partial charge in [0.1, 0.15) is 4.90 Å². The van der Waals surface area contributed by atoms with Crippen molar-refractivity contribution in [3.63, 3.8) is 0 Å². The standard InChI is InChI=1S/C16H20N2O4S2/c1-10-5-6-15(23(17,19)20)14(9-10)18-24(21,22)16-12(3)7-11(2)8-13(16)4/h5-9,18H,1-4H3,(H2,17,19,20). The van der Waals surface area contributed by atoms with Crippen LogP contribution in [0.2, 0.25) is 0 Å². The fourth-order valence-corrected chi connectivity index (χ4v) is 5.02. The van der Waals surface area contributed by atoms with E-state index in [2.05, 4.69) is 4.72 Å². The van der Waals surface area contributed by atoms with E-state index in [1.807, 2.05) is 6.92 Å². The number of anilines is 1. The Labute approximate surface area is 142 Å². The zero-order chi connectivity index (χ0) is 18.3. The van der Waals surface area contributed by atoms with Gasteiger partial charge in [0.05, 0.1) is 10.6 Å². The predicted molar refractivity (Wildman–Crippen MR) is 94.0 cm³/mol. The molecule has 0 fully saturated rings. The van der Waals surface area contributed by atoms with Crippen LogP contribution in [0.3, 0.4) is 0 Å². The lowest BCUT2D eigenvalue weighted by Gasteiger charge is -2.16. The Balaban J connectivity index is 2.62. The SMILES string of the molecule is Cc1cc(C)c(S(=O)(=O)Nc2cc(C)ccc2S(N)(=O)=O)c(C)c1. The molecule has 130 valence electrons. The van der Waals surface area contributed by atoms with Crippen LogP contribution < -0.4 is 9.86 Å². The van der Waals surface area contributed by atoms with E-state index in [-0.39, 0.29) is 15.5 Å². The van der Waals surface area contributed by atoms with Gasteiger partial charge < -0.3 is 0 Å². The van der Waals surface area contributed by atoms with E-state index in [9.17, 15) is 16.8 Å². The van der Waals surface area contributed by atoms with Gasteiger partial charge in [-0.3, -0.25) is 4.72 Å². The van der Waals surface area contributed by atoms with Crippen LogP contribution in [0.1, 0.15) is 22.3 Å². The average Bonchev–Trinajstić information content (AvgIpc) is 2.34. The number of aryl methyl sites for hydroxylation is 4. The van der Waals surface area contributed by atoms with E-state index in [0.717, 1.165) is 5.56 Å². The molecule has 3 N–H and O–H groups in total. The van der Waals surface area contributed by atoms with Gasteiger partial charge in [0, 0.05) is 0 Å². The van der Waals surface area contributed by atoms with Crippen molar-refractivity contribution in [1.82, 2.24) is 0 Å². The molecule has 0 radical (unpaired) electrons. The summed E-state index contributed by atoms with van der Waals surface area (Å²) in [5, 5.41) is 5.18. The average molecular weight is 368 g/mol. The molecule has 0 aromatic heterocycles. The number of primary sulfonamides is 1. The van der Waals surface area contributed by atoms with Crippen molar-refractivity contribution in [3.05, 3.63) is 52.6 Å². The minimum Gasteiger partial charge on any atom is -0.278 e. The van der Waals surface area contributed by atoms with Gasteiger partial charge in [-0.2, -0.15) is 0 Å². The maximum absolute atomic E-state index is 12.8. The number of nitrogens with two attached hydrogens (primary N) is 1. The topological polar surface area (TPSA) is 106 Å². The summed E-state index contributed by atoms with van der Waals surface area (Å²) in [6.45, 7) is 7.01. The van der Waals surface area contributed by atoms with Gasteiger partial charge >= 0.3 is 0 Å². The summed E-state index contributed by atoms with van der Waals surface area (Å²) in [5.74, 6) is 0. The Hall–Kier alpha value is -1.90. The van der Waals surface area contributed by atoms with Crippen LogP contribution >= 0.6 is 0 Å². The molecule has 0 saturated carbocycles. The van der Waals surface area contributed by atoms with Gasteiger partial charge in [0.15, 0.2) is 0 Å². The lowest BCUT2D eigenvalue weighted by Crippen LogP contribution is -2.20. The second kappa shape index (κ2) is 6.19. The first kappa shape index (κ1) is 18.4. The van der Waals surface area contributed by atoms with Crippen LogP contribution in [0.15, 0.2) is 40.1 Å². The van der Waals surface area contributed by atoms with Crippen LogP contribution in [0.4, 0.5) is 5.69 Å². The van der Waals surface area contributed by atoms with Gasteiger partial charge in [-0.15, -0.1) is 0 Å². The molecule has 0 aliphatic carbocycles. The molecule has 0 spiro atoms. The van der Waals surface area contributed by atoms with Crippen LogP contribution in [0, 0.1) is 27.7 Å². The molecule has 0 aliphatic heterocycles. The van der Waals surface area contributed by atoms with Gasteiger partial charge in [0.25, 0.3) is 10.0 Å². The van der Waals surface area contributed by atoms with Crippen molar-refractivity contribution in [3.8, 4) is 0 Å². The second-order valence-electron chi connectivity index (χ2n) is 5.88. The van der Waals surface area contributed by atoms with Crippen molar-refractivity contribution in [2.45, 2.75) is 37.5 Å². The molecule has 2 rings (SSSR count). The Kier molecular flexibility index (Phi) is 4.76. The number of hydrogen-bond donors (Lipinski definition) is 2. The zero-order valence-corrected chi connectivity index (χ0v) is 15.5. The Morgan fingerprint density at radius 1 is 0.833 bits per heavy atom. The molecule has 0 aliphatic rings. The summed E-state index contributed by atoms with van der Waals surface area (Å²) in [6, 6.07) is 7.81. The third-order valence-electron chi connectivity index (χ3n) is 3.56. The van der Waals surface area contributed by atoms with Gasteiger partial charge in [-0.05, 0) is 56.5 Å². The quantitative estimate of drug-likeness (QED) is 0.864. The largest absolute Gasteiger partial charge is 0.278 e. The molecular weight excluding hydrogens is 348 g/mol. The van der Waals surface area contributed by atoms with Crippen molar-refractivity contribution < 1.29 is 16.8 Å². The molecule has 2 aromatic rings. The second-order valence-corrected chi connectivity index (χ2v) is 9.03. The van der Waals surface area contributed by atoms with Crippen molar-refractivity contribution in [2.75, 3.05) is 4.72 Å². The molecule has 0 unspecified atom stereocenters. The molecule has 0 bridgehead atoms. The molecule has 0 saturated heterocycles. The fraction of sp³-hybridized carbons (Fsp3) is 0.250. The Morgan fingerprint density at radius 3 is 1.88 bits per heavy atom. The number of hydrogen-bond acceptors (Lipinski definition) is 4. The molecule has 0 heterocycles. The lowest BCUT2D eigenvalue weighted by atomic mass is 10.1. The van der Waals surface area contributed by atoms with E-state index in [1.165, 1.54) is 12.1 Å². The maximum atomic E-state index is 12.8. The highest BCUT2D eigenvalue weighted by molar-refractivity contribution is 7.93. The summed E-state index contributed by atoms with van der Waals surface area (Å²) in [4.78, 5) is -0.130. The smallest absolute Gasteiger partial charge is 0.262 e. The number of benzene rings is 2. The van der Waals surface area contributed by atoms with Crippen LogP contribution in [-0.2, 0) is 20.0 Å². The normalized spacial score (nSPS) is 12.2. The van der Waals surface area contributed by atoms with Gasteiger partial charge in [-0.1, -0.05) is 23.8 Å². The van der Waals surface area contributed by atoms with E-state index in [4.69, 9.17) is 5.14 Å². The van der Waals surface area contributed by atoms with E-state index < -0.39 is 20.0 Å². The maximum Gasteiger partial charge on any atom is 0.262 e. The fourth-order valence-electron chi connectivity index (χ4n) is 2.76. The molecule has 6 nitrogen and oxygen atoms in total. The number of rotatable bonds is 4. The minimum atomic E-state index is -4.06.